The summed E-state index contributed by atoms with van der Waals surface area (Å²) in [6, 6.07) is -0.690. The SMILES string of the molecule is CCCCCCCCCCCCCCOC(=O)[C@H](C)NC(=O)OCC(C)(C)C. The van der Waals surface area contributed by atoms with Gasteiger partial charge in [0.05, 0.1) is 13.2 Å². The molecule has 1 atom stereocenters. The summed E-state index contributed by atoms with van der Waals surface area (Å²) in [4.78, 5) is 23.5. The van der Waals surface area contributed by atoms with E-state index in [0.29, 0.717) is 13.2 Å². The number of amides is 1. The van der Waals surface area contributed by atoms with Crippen molar-refractivity contribution >= 4 is 12.1 Å². The Balaban J connectivity index is 3.50. The summed E-state index contributed by atoms with van der Waals surface area (Å²) in [6.07, 6.45) is 14.7. The first-order valence-corrected chi connectivity index (χ1v) is 11.4. The molecular weight excluding hydrogens is 354 g/mol. The van der Waals surface area contributed by atoms with Crippen LogP contribution in [0.4, 0.5) is 4.79 Å². The van der Waals surface area contributed by atoms with Gasteiger partial charge in [0.15, 0.2) is 0 Å². The number of hydrogen-bond donors (Lipinski definition) is 1. The lowest BCUT2D eigenvalue weighted by Gasteiger charge is -2.19. The lowest BCUT2D eigenvalue weighted by Crippen LogP contribution is -2.40. The molecule has 0 bridgehead atoms. The third-order valence-corrected chi connectivity index (χ3v) is 4.57. The highest BCUT2D eigenvalue weighted by atomic mass is 16.6. The number of carbonyl (C=O) groups is 2. The van der Waals surface area contributed by atoms with Crippen LogP contribution >= 0.6 is 0 Å². The van der Waals surface area contributed by atoms with Crippen molar-refractivity contribution in [3.8, 4) is 0 Å². The highest BCUT2D eigenvalue weighted by Gasteiger charge is 2.19. The zero-order valence-electron chi connectivity index (χ0n) is 19.1. The molecule has 5 nitrogen and oxygen atoms in total. The van der Waals surface area contributed by atoms with Crippen molar-refractivity contribution in [3.05, 3.63) is 0 Å². The van der Waals surface area contributed by atoms with Gasteiger partial charge in [-0.3, -0.25) is 0 Å². The molecule has 5 heteroatoms. The van der Waals surface area contributed by atoms with Crippen LogP contribution in [-0.2, 0) is 14.3 Å². The summed E-state index contributed by atoms with van der Waals surface area (Å²) < 4.78 is 10.3. The second kappa shape index (κ2) is 16.7. The maximum Gasteiger partial charge on any atom is 0.407 e. The molecule has 0 saturated carbocycles. The van der Waals surface area contributed by atoms with Crippen LogP contribution in [0, 0.1) is 5.41 Å². The highest BCUT2D eigenvalue weighted by Crippen LogP contribution is 2.13. The maximum absolute atomic E-state index is 11.9. The van der Waals surface area contributed by atoms with E-state index in [2.05, 4.69) is 12.2 Å². The molecule has 28 heavy (non-hydrogen) atoms. The maximum atomic E-state index is 11.9. The van der Waals surface area contributed by atoms with E-state index in [1.165, 1.54) is 64.2 Å². The third-order valence-electron chi connectivity index (χ3n) is 4.57. The number of esters is 1. The first-order chi connectivity index (χ1) is 13.3. The first-order valence-electron chi connectivity index (χ1n) is 11.4. The molecule has 1 amide bonds. The van der Waals surface area contributed by atoms with E-state index >= 15 is 0 Å². The topological polar surface area (TPSA) is 64.6 Å². The van der Waals surface area contributed by atoms with E-state index in [0.717, 1.165) is 12.8 Å². The average Bonchev–Trinajstić information content (AvgIpc) is 2.63. The molecule has 0 fully saturated rings. The molecule has 0 aliphatic rings. The van der Waals surface area contributed by atoms with Gasteiger partial charge < -0.3 is 14.8 Å². The van der Waals surface area contributed by atoms with Gasteiger partial charge in [0.1, 0.15) is 6.04 Å². The number of alkyl carbamates (subject to hydrolysis) is 1. The van der Waals surface area contributed by atoms with Crippen LogP contribution in [0.15, 0.2) is 0 Å². The molecule has 0 saturated heterocycles. The lowest BCUT2D eigenvalue weighted by atomic mass is 9.99. The smallest absolute Gasteiger partial charge is 0.407 e. The lowest BCUT2D eigenvalue weighted by molar-refractivity contribution is -0.145. The Morgan fingerprint density at radius 1 is 0.786 bits per heavy atom. The van der Waals surface area contributed by atoms with Crippen LogP contribution in [0.5, 0.6) is 0 Å². The van der Waals surface area contributed by atoms with Gasteiger partial charge in [-0.25, -0.2) is 9.59 Å². The molecule has 0 spiro atoms. The van der Waals surface area contributed by atoms with E-state index in [1.54, 1.807) is 6.92 Å². The Morgan fingerprint density at radius 2 is 1.25 bits per heavy atom. The van der Waals surface area contributed by atoms with Crippen molar-refractivity contribution in [3.63, 3.8) is 0 Å². The minimum absolute atomic E-state index is 0.101. The van der Waals surface area contributed by atoms with Gasteiger partial charge >= 0.3 is 12.1 Å². The van der Waals surface area contributed by atoms with Gasteiger partial charge in [-0.05, 0) is 18.8 Å². The molecule has 0 aromatic rings. The summed E-state index contributed by atoms with van der Waals surface area (Å²) in [6.45, 7) is 10.5. The molecule has 0 aliphatic carbocycles. The second-order valence-electron chi connectivity index (χ2n) is 9.06. The van der Waals surface area contributed by atoms with Crippen molar-refractivity contribution in [1.29, 1.82) is 0 Å². The van der Waals surface area contributed by atoms with Gasteiger partial charge in [-0.1, -0.05) is 98.3 Å². The molecular formula is C23H45NO4. The van der Waals surface area contributed by atoms with E-state index in [9.17, 15) is 9.59 Å². The molecule has 1 N–H and O–H groups in total. The van der Waals surface area contributed by atoms with Crippen LogP contribution in [0.3, 0.4) is 0 Å². The fraction of sp³-hybridized carbons (Fsp3) is 0.913. The molecule has 0 heterocycles. The van der Waals surface area contributed by atoms with Crippen molar-refractivity contribution in [1.82, 2.24) is 5.32 Å². The zero-order valence-corrected chi connectivity index (χ0v) is 19.1. The molecule has 166 valence electrons. The van der Waals surface area contributed by atoms with Crippen molar-refractivity contribution < 1.29 is 19.1 Å². The molecule has 0 radical (unpaired) electrons. The van der Waals surface area contributed by atoms with E-state index in [-0.39, 0.29) is 5.41 Å². The Morgan fingerprint density at radius 3 is 1.71 bits per heavy atom. The van der Waals surface area contributed by atoms with E-state index < -0.39 is 18.1 Å². The minimum Gasteiger partial charge on any atom is -0.464 e. The van der Waals surface area contributed by atoms with Gasteiger partial charge in [0.25, 0.3) is 0 Å². The molecule has 0 rings (SSSR count). The molecule has 0 aliphatic heterocycles. The number of carbonyl (C=O) groups excluding carboxylic acids is 2. The number of nitrogens with one attached hydrogen (secondary N) is 1. The first kappa shape index (κ1) is 26.7. The summed E-state index contributed by atoms with van der Waals surface area (Å²) in [5.74, 6) is -0.407. The summed E-state index contributed by atoms with van der Waals surface area (Å²) >= 11 is 0. The van der Waals surface area contributed by atoms with Crippen LogP contribution in [-0.4, -0.2) is 31.3 Å². The Labute approximate surface area is 173 Å². The normalized spacial score (nSPS) is 12.5. The average molecular weight is 400 g/mol. The second-order valence-corrected chi connectivity index (χ2v) is 9.06. The molecule has 0 unspecified atom stereocenters. The number of unbranched alkanes of at least 4 members (excludes halogenated alkanes) is 11. The fourth-order valence-electron chi connectivity index (χ4n) is 2.80. The van der Waals surface area contributed by atoms with E-state index in [1.807, 2.05) is 20.8 Å². The van der Waals surface area contributed by atoms with Crippen molar-refractivity contribution in [2.24, 2.45) is 5.41 Å². The predicted molar refractivity (Wildman–Crippen MR) is 115 cm³/mol. The standard InChI is InChI=1S/C23H45NO4/c1-6-7-8-9-10-11-12-13-14-15-16-17-18-27-21(25)20(2)24-22(26)28-19-23(3,4)5/h20H,6-19H2,1-5H3,(H,24,26)/t20-/m0/s1. The van der Waals surface area contributed by atoms with E-state index in [4.69, 9.17) is 9.47 Å². The Kier molecular flexibility index (Phi) is 15.9. The van der Waals surface area contributed by atoms with Crippen LogP contribution in [0.1, 0.15) is 112 Å². The van der Waals surface area contributed by atoms with Crippen LogP contribution in [0.25, 0.3) is 0 Å². The van der Waals surface area contributed by atoms with Gasteiger partial charge in [0.2, 0.25) is 0 Å². The third kappa shape index (κ3) is 18.1. The van der Waals surface area contributed by atoms with Gasteiger partial charge in [0, 0.05) is 0 Å². The Hall–Kier alpha value is -1.26. The number of rotatable bonds is 16. The summed E-state index contributed by atoms with van der Waals surface area (Å²) in [5, 5.41) is 2.51. The monoisotopic (exact) mass is 399 g/mol. The highest BCUT2D eigenvalue weighted by molar-refractivity contribution is 5.80. The number of ether oxygens (including phenoxy) is 2. The Bertz CT molecular complexity index is 404. The van der Waals surface area contributed by atoms with Crippen molar-refractivity contribution in [2.45, 2.75) is 118 Å². The number of hydrogen-bond acceptors (Lipinski definition) is 4. The van der Waals surface area contributed by atoms with Crippen LogP contribution < -0.4 is 5.32 Å². The minimum atomic E-state index is -0.690. The van der Waals surface area contributed by atoms with Crippen molar-refractivity contribution in [2.75, 3.05) is 13.2 Å². The summed E-state index contributed by atoms with van der Waals surface area (Å²) in [7, 11) is 0. The quantitative estimate of drug-likeness (QED) is 0.241. The van der Waals surface area contributed by atoms with Gasteiger partial charge in [-0.2, -0.15) is 0 Å². The largest absolute Gasteiger partial charge is 0.464 e. The summed E-state index contributed by atoms with van der Waals surface area (Å²) in [5.41, 5.74) is -0.101. The molecule has 0 aromatic carbocycles. The molecule has 0 aromatic heterocycles. The predicted octanol–water partition coefficient (Wildman–Crippen LogP) is 6.39. The van der Waals surface area contributed by atoms with Gasteiger partial charge in [-0.15, -0.1) is 0 Å². The van der Waals surface area contributed by atoms with Crippen LogP contribution in [0.2, 0.25) is 0 Å². The fourth-order valence-corrected chi connectivity index (χ4v) is 2.80. The zero-order chi connectivity index (χ0) is 21.3.